The van der Waals surface area contributed by atoms with Crippen LogP contribution >= 0.6 is 0 Å². The van der Waals surface area contributed by atoms with Gasteiger partial charge in [-0.15, -0.1) is 6.58 Å². The highest BCUT2D eigenvalue weighted by Crippen LogP contribution is 2.02. The van der Waals surface area contributed by atoms with Crippen LogP contribution in [0.2, 0.25) is 0 Å². The van der Waals surface area contributed by atoms with Gasteiger partial charge in [0.2, 0.25) is 0 Å². The summed E-state index contributed by atoms with van der Waals surface area (Å²) in [6.07, 6.45) is 2.64. The molecule has 3 nitrogen and oxygen atoms in total. The van der Waals surface area contributed by atoms with Crippen molar-refractivity contribution in [3.05, 3.63) is 12.7 Å². The lowest BCUT2D eigenvalue weighted by atomic mass is 10.1. The number of ether oxygens (including phenoxy) is 1. The van der Waals surface area contributed by atoms with E-state index in [1.807, 2.05) is 6.92 Å². The van der Waals surface area contributed by atoms with Crippen LogP contribution in [-0.4, -0.2) is 25.1 Å². The third-order valence-electron chi connectivity index (χ3n) is 1.48. The first-order valence-electron chi connectivity index (χ1n) is 3.80. The first kappa shape index (κ1) is 10.6. The third-order valence-corrected chi connectivity index (χ3v) is 1.48. The van der Waals surface area contributed by atoms with Crippen molar-refractivity contribution in [3.8, 4) is 0 Å². The topological polar surface area (TPSA) is 38.7 Å². The van der Waals surface area contributed by atoms with E-state index in [1.165, 1.54) is 0 Å². The van der Waals surface area contributed by atoms with Crippen LogP contribution < -0.4 is 0 Å². The summed E-state index contributed by atoms with van der Waals surface area (Å²) in [5.41, 5.74) is 0. The van der Waals surface area contributed by atoms with Gasteiger partial charge in [0.1, 0.15) is 0 Å². The van der Waals surface area contributed by atoms with E-state index in [4.69, 9.17) is 9.99 Å². The van der Waals surface area contributed by atoms with Crippen molar-refractivity contribution < 1.29 is 14.9 Å². The summed E-state index contributed by atoms with van der Waals surface area (Å²) in [5.74, 6) is 0.278. The fourth-order valence-corrected chi connectivity index (χ4v) is 0.707. The molecule has 0 aliphatic heterocycles. The Hall–Kier alpha value is -0.380. The Morgan fingerprint density at radius 3 is 2.73 bits per heavy atom. The summed E-state index contributed by atoms with van der Waals surface area (Å²) in [6.45, 7) is 7.06. The number of hydrogen-bond donors (Lipinski definition) is 1. The summed E-state index contributed by atoms with van der Waals surface area (Å²) in [5, 5.41) is 8.15. The zero-order valence-corrected chi connectivity index (χ0v) is 6.95. The molecule has 0 amide bonds. The van der Waals surface area contributed by atoms with E-state index < -0.39 is 0 Å². The highest BCUT2D eigenvalue weighted by molar-refractivity contribution is 4.64. The SMILES string of the molecule is C=CCOCC(CC)COO. The van der Waals surface area contributed by atoms with Gasteiger partial charge in [-0.25, -0.2) is 4.89 Å². The fraction of sp³-hybridized carbons (Fsp3) is 0.750. The maximum atomic E-state index is 8.15. The Balaban J connectivity index is 3.27. The highest BCUT2D eigenvalue weighted by atomic mass is 17.1. The molecular formula is C8H16O3. The molecular weight excluding hydrogens is 144 g/mol. The van der Waals surface area contributed by atoms with Crippen molar-refractivity contribution in [2.75, 3.05) is 19.8 Å². The minimum absolute atomic E-state index is 0.278. The van der Waals surface area contributed by atoms with Crippen LogP contribution in [0.4, 0.5) is 0 Å². The lowest BCUT2D eigenvalue weighted by Gasteiger charge is -2.11. The predicted molar refractivity (Wildman–Crippen MR) is 43.4 cm³/mol. The monoisotopic (exact) mass is 160 g/mol. The smallest absolute Gasteiger partial charge is 0.0869 e. The van der Waals surface area contributed by atoms with Crippen molar-refractivity contribution >= 4 is 0 Å². The molecule has 0 radical (unpaired) electrons. The third kappa shape index (κ3) is 6.04. The summed E-state index contributed by atoms with van der Waals surface area (Å²) in [7, 11) is 0. The Labute approximate surface area is 67.6 Å². The first-order valence-corrected chi connectivity index (χ1v) is 3.80. The molecule has 66 valence electrons. The molecule has 0 aromatic heterocycles. The van der Waals surface area contributed by atoms with Crippen molar-refractivity contribution in [2.45, 2.75) is 13.3 Å². The zero-order valence-electron chi connectivity index (χ0n) is 6.95. The van der Waals surface area contributed by atoms with E-state index in [0.29, 0.717) is 19.8 Å². The molecule has 1 atom stereocenters. The van der Waals surface area contributed by atoms with Gasteiger partial charge in [0.25, 0.3) is 0 Å². The molecule has 0 saturated carbocycles. The van der Waals surface area contributed by atoms with E-state index in [-0.39, 0.29) is 5.92 Å². The average Bonchev–Trinajstić information content (AvgIpc) is 2.03. The highest BCUT2D eigenvalue weighted by Gasteiger charge is 2.05. The van der Waals surface area contributed by atoms with Gasteiger partial charge >= 0.3 is 0 Å². The van der Waals surface area contributed by atoms with Crippen LogP contribution in [0.15, 0.2) is 12.7 Å². The molecule has 3 heteroatoms. The number of hydrogen-bond acceptors (Lipinski definition) is 3. The second kappa shape index (κ2) is 7.72. The van der Waals surface area contributed by atoms with Crippen molar-refractivity contribution in [3.63, 3.8) is 0 Å². The lowest BCUT2D eigenvalue weighted by molar-refractivity contribution is -0.253. The molecule has 0 spiro atoms. The normalized spacial score (nSPS) is 12.9. The number of rotatable bonds is 7. The van der Waals surface area contributed by atoms with Gasteiger partial charge in [-0.3, -0.25) is 5.26 Å². The van der Waals surface area contributed by atoms with Gasteiger partial charge in [0.05, 0.1) is 19.8 Å². The van der Waals surface area contributed by atoms with Gasteiger partial charge in [-0.2, -0.15) is 0 Å². The minimum Gasteiger partial charge on any atom is -0.377 e. The first-order chi connectivity index (χ1) is 5.35. The zero-order chi connectivity index (χ0) is 8.53. The molecule has 0 aliphatic carbocycles. The summed E-state index contributed by atoms with van der Waals surface area (Å²) in [6, 6.07) is 0. The van der Waals surface area contributed by atoms with Crippen LogP contribution in [0.5, 0.6) is 0 Å². The molecule has 0 saturated heterocycles. The van der Waals surface area contributed by atoms with Gasteiger partial charge < -0.3 is 4.74 Å². The average molecular weight is 160 g/mol. The van der Waals surface area contributed by atoms with Gasteiger partial charge in [-0.05, 0) is 6.42 Å². The van der Waals surface area contributed by atoms with Crippen LogP contribution in [0, 0.1) is 5.92 Å². The van der Waals surface area contributed by atoms with E-state index >= 15 is 0 Å². The van der Waals surface area contributed by atoms with E-state index in [1.54, 1.807) is 6.08 Å². The lowest BCUT2D eigenvalue weighted by Crippen LogP contribution is -2.14. The Bertz CT molecular complexity index is 93.3. The second-order valence-electron chi connectivity index (χ2n) is 2.40. The van der Waals surface area contributed by atoms with Gasteiger partial charge in [-0.1, -0.05) is 13.0 Å². The van der Waals surface area contributed by atoms with Crippen molar-refractivity contribution in [1.29, 1.82) is 0 Å². The van der Waals surface area contributed by atoms with Crippen molar-refractivity contribution in [2.24, 2.45) is 5.92 Å². The van der Waals surface area contributed by atoms with Crippen LogP contribution in [0.1, 0.15) is 13.3 Å². The Kier molecular flexibility index (Phi) is 7.46. The largest absolute Gasteiger partial charge is 0.377 e. The summed E-state index contributed by atoms with van der Waals surface area (Å²) in [4.78, 5) is 4.02. The fourth-order valence-electron chi connectivity index (χ4n) is 0.707. The van der Waals surface area contributed by atoms with E-state index in [2.05, 4.69) is 11.5 Å². The van der Waals surface area contributed by atoms with Crippen LogP contribution in [-0.2, 0) is 9.62 Å². The molecule has 0 fully saturated rings. The van der Waals surface area contributed by atoms with E-state index in [0.717, 1.165) is 6.42 Å². The molecule has 0 heterocycles. The molecule has 0 aromatic carbocycles. The quantitative estimate of drug-likeness (QED) is 0.266. The molecule has 1 unspecified atom stereocenters. The molecule has 11 heavy (non-hydrogen) atoms. The minimum atomic E-state index is 0.278. The maximum Gasteiger partial charge on any atom is 0.0869 e. The molecule has 0 aliphatic rings. The standard InChI is InChI=1S/C8H16O3/c1-3-5-10-6-8(4-2)7-11-9/h3,8-9H,1,4-7H2,2H3. The second-order valence-corrected chi connectivity index (χ2v) is 2.40. The molecule has 0 aromatic rings. The Morgan fingerprint density at radius 2 is 2.27 bits per heavy atom. The summed E-state index contributed by atoms with van der Waals surface area (Å²) < 4.78 is 5.18. The maximum absolute atomic E-state index is 8.15. The van der Waals surface area contributed by atoms with E-state index in [9.17, 15) is 0 Å². The van der Waals surface area contributed by atoms with Crippen molar-refractivity contribution in [1.82, 2.24) is 0 Å². The van der Waals surface area contributed by atoms with Gasteiger partial charge in [0, 0.05) is 5.92 Å². The predicted octanol–water partition coefficient (Wildman–Crippen LogP) is 1.70. The van der Waals surface area contributed by atoms with Crippen LogP contribution in [0.25, 0.3) is 0 Å². The Morgan fingerprint density at radius 1 is 1.55 bits per heavy atom. The van der Waals surface area contributed by atoms with Crippen LogP contribution in [0.3, 0.4) is 0 Å². The molecule has 0 rings (SSSR count). The molecule has 1 N–H and O–H groups in total. The van der Waals surface area contributed by atoms with Gasteiger partial charge in [0.15, 0.2) is 0 Å². The summed E-state index contributed by atoms with van der Waals surface area (Å²) >= 11 is 0. The molecule has 0 bridgehead atoms.